The molecule has 0 saturated heterocycles. The van der Waals surface area contributed by atoms with Gasteiger partial charge in [0.2, 0.25) is 0 Å². The van der Waals surface area contributed by atoms with Gasteiger partial charge < -0.3 is 9.47 Å². The Morgan fingerprint density at radius 3 is 2.48 bits per heavy atom. The van der Waals surface area contributed by atoms with Gasteiger partial charge in [-0.3, -0.25) is 14.9 Å². The highest BCUT2D eigenvalue weighted by molar-refractivity contribution is 5.76. The lowest BCUT2D eigenvalue weighted by Crippen LogP contribution is -2.11. The second-order valence-corrected chi connectivity index (χ2v) is 4.23. The summed E-state index contributed by atoms with van der Waals surface area (Å²) in [5.74, 6) is -0.164. The number of nitrogens with zero attached hydrogens (tertiary/aromatic N) is 1. The first kappa shape index (κ1) is 14.5. The molecule has 0 aliphatic rings. The van der Waals surface area contributed by atoms with E-state index in [1.807, 2.05) is 30.3 Å². The van der Waals surface area contributed by atoms with Crippen LogP contribution in [0.25, 0.3) is 0 Å². The number of non-ortho nitro benzene ring substituents is 1. The van der Waals surface area contributed by atoms with Crippen LogP contribution in [-0.4, -0.2) is 18.0 Å². The van der Waals surface area contributed by atoms with Crippen molar-refractivity contribution in [2.45, 2.75) is 6.42 Å². The number of nitro benzene ring substituents is 1. The van der Waals surface area contributed by atoms with Crippen LogP contribution < -0.4 is 9.47 Å². The molecular weight excluding hydrogens is 274 g/mol. The van der Waals surface area contributed by atoms with Gasteiger partial charge in [0.15, 0.2) is 11.5 Å². The van der Waals surface area contributed by atoms with Crippen LogP contribution >= 0.6 is 0 Å². The van der Waals surface area contributed by atoms with Crippen molar-refractivity contribution in [1.29, 1.82) is 0 Å². The topological polar surface area (TPSA) is 78.7 Å². The third kappa shape index (κ3) is 3.79. The number of hydrogen-bond acceptors (Lipinski definition) is 5. The Bertz CT molecular complexity index is 654. The molecule has 6 nitrogen and oxygen atoms in total. The van der Waals surface area contributed by atoms with Crippen LogP contribution in [0.1, 0.15) is 5.56 Å². The van der Waals surface area contributed by atoms with Crippen molar-refractivity contribution >= 4 is 11.7 Å². The highest BCUT2D eigenvalue weighted by Crippen LogP contribution is 2.31. The van der Waals surface area contributed by atoms with Gasteiger partial charge in [0.1, 0.15) is 0 Å². The van der Waals surface area contributed by atoms with E-state index in [-0.39, 0.29) is 23.6 Å². The molecule has 0 spiro atoms. The number of nitro groups is 1. The zero-order chi connectivity index (χ0) is 15.2. The van der Waals surface area contributed by atoms with Gasteiger partial charge in [-0.25, -0.2) is 0 Å². The normalized spacial score (nSPS) is 9.95. The lowest BCUT2D eigenvalue weighted by molar-refractivity contribution is -0.384. The van der Waals surface area contributed by atoms with Gasteiger partial charge in [-0.2, -0.15) is 0 Å². The number of ether oxygens (including phenoxy) is 2. The second-order valence-electron chi connectivity index (χ2n) is 4.23. The zero-order valence-electron chi connectivity index (χ0n) is 11.3. The van der Waals surface area contributed by atoms with Crippen molar-refractivity contribution in [2.24, 2.45) is 0 Å². The summed E-state index contributed by atoms with van der Waals surface area (Å²) in [6.45, 7) is 0. The van der Waals surface area contributed by atoms with E-state index < -0.39 is 10.9 Å². The molecule has 0 N–H and O–H groups in total. The molecule has 2 aromatic rings. The lowest BCUT2D eigenvalue weighted by atomic mass is 10.1. The number of carbonyl (C=O) groups is 1. The summed E-state index contributed by atoms with van der Waals surface area (Å²) < 4.78 is 10.2. The maximum Gasteiger partial charge on any atom is 0.315 e. The first-order valence-electron chi connectivity index (χ1n) is 6.17. The van der Waals surface area contributed by atoms with Crippen LogP contribution in [0, 0.1) is 10.1 Å². The predicted molar refractivity (Wildman–Crippen MR) is 75.4 cm³/mol. The number of carbonyl (C=O) groups excluding carboxylic acids is 1. The third-order valence-electron chi connectivity index (χ3n) is 2.77. The standard InChI is InChI=1S/C15H13NO5/c1-20-14-10-12(16(18)19)7-8-13(14)21-15(17)9-11-5-3-2-4-6-11/h2-8,10H,9H2,1H3. The smallest absolute Gasteiger partial charge is 0.315 e. The molecule has 6 heteroatoms. The molecule has 0 heterocycles. The van der Waals surface area contributed by atoms with Crippen molar-refractivity contribution in [2.75, 3.05) is 7.11 Å². The predicted octanol–water partition coefficient (Wildman–Crippen LogP) is 2.75. The zero-order valence-corrected chi connectivity index (χ0v) is 11.3. The van der Waals surface area contributed by atoms with Crippen LogP contribution in [-0.2, 0) is 11.2 Å². The summed E-state index contributed by atoms with van der Waals surface area (Å²) in [6, 6.07) is 13.0. The van der Waals surface area contributed by atoms with E-state index >= 15 is 0 Å². The van der Waals surface area contributed by atoms with Crippen molar-refractivity contribution < 1.29 is 19.2 Å². The van der Waals surface area contributed by atoms with E-state index in [1.165, 1.54) is 25.3 Å². The maximum absolute atomic E-state index is 11.9. The Morgan fingerprint density at radius 1 is 1.14 bits per heavy atom. The Kier molecular flexibility index (Phi) is 4.50. The van der Waals surface area contributed by atoms with E-state index in [0.29, 0.717) is 0 Å². The van der Waals surface area contributed by atoms with Gasteiger partial charge in [-0.15, -0.1) is 0 Å². The highest BCUT2D eigenvalue weighted by atomic mass is 16.6. The lowest BCUT2D eigenvalue weighted by Gasteiger charge is -2.08. The van der Waals surface area contributed by atoms with Gasteiger partial charge in [-0.05, 0) is 11.6 Å². The summed E-state index contributed by atoms with van der Waals surface area (Å²) in [7, 11) is 1.35. The molecular formula is C15H13NO5. The minimum Gasteiger partial charge on any atom is -0.493 e. The van der Waals surface area contributed by atoms with Crippen LogP contribution in [0.5, 0.6) is 11.5 Å². The van der Waals surface area contributed by atoms with Gasteiger partial charge >= 0.3 is 5.97 Å². The number of esters is 1. The van der Waals surface area contributed by atoms with Gasteiger partial charge in [0.05, 0.1) is 24.5 Å². The Morgan fingerprint density at radius 2 is 1.86 bits per heavy atom. The summed E-state index contributed by atoms with van der Waals surface area (Å²) in [6.07, 6.45) is 0.112. The minimum atomic E-state index is -0.544. The van der Waals surface area contributed by atoms with E-state index in [2.05, 4.69) is 0 Å². The molecule has 0 bridgehead atoms. The van der Waals surface area contributed by atoms with E-state index in [0.717, 1.165) is 5.56 Å². The fourth-order valence-corrected chi connectivity index (χ4v) is 1.78. The van der Waals surface area contributed by atoms with Gasteiger partial charge in [0.25, 0.3) is 5.69 Å². The first-order chi connectivity index (χ1) is 10.1. The minimum absolute atomic E-state index is 0.112. The molecule has 0 unspecified atom stereocenters. The first-order valence-corrected chi connectivity index (χ1v) is 6.17. The second kappa shape index (κ2) is 6.51. The number of methoxy groups -OCH3 is 1. The van der Waals surface area contributed by atoms with Crippen molar-refractivity contribution in [3.05, 3.63) is 64.2 Å². The fraction of sp³-hybridized carbons (Fsp3) is 0.133. The van der Waals surface area contributed by atoms with Crippen molar-refractivity contribution in [3.63, 3.8) is 0 Å². The van der Waals surface area contributed by atoms with Crippen molar-refractivity contribution in [3.8, 4) is 11.5 Å². The number of benzene rings is 2. The monoisotopic (exact) mass is 287 g/mol. The Labute approximate surface area is 121 Å². The van der Waals surface area contributed by atoms with E-state index in [9.17, 15) is 14.9 Å². The Hall–Kier alpha value is -2.89. The molecule has 0 amide bonds. The molecule has 0 atom stereocenters. The van der Waals surface area contributed by atoms with Crippen molar-refractivity contribution in [1.82, 2.24) is 0 Å². The van der Waals surface area contributed by atoms with E-state index in [1.54, 1.807) is 0 Å². The molecule has 0 aromatic heterocycles. The van der Waals surface area contributed by atoms with E-state index in [4.69, 9.17) is 9.47 Å². The van der Waals surface area contributed by atoms with Crippen LogP contribution in [0.4, 0.5) is 5.69 Å². The average molecular weight is 287 g/mol. The van der Waals surface area contributed by atoms with Gasteiger partial charge in [-0.1, -0.05) is 30.3 Å². The number of rotatable bonds is 5. The third-order valence-corrected chi connectivity index (χ3v) is 2.77. The molecule has 0 radical (unpaired) electrons. The summed E-state index contributed by atoms with van der Waals surface area (Å²) in [4.78, 5) is 22.0. The van der Waals surface area contributed by atoms with Crippen LogP contribution in [0.3, 0.4) is 0 Å². The SMILES string of the molecule is COc1cc([N+](=O)[O-])ccc1OC(=O)Cc1ccccc1. The highest BCUT2D eigenvalue weighted by Gasteiger charge is 2.15. The molecule has 0 fully saturated rings. The van der Waals surface area contributed by atoms with Crippen LogP contribution in [0.15, 0.2) is 48.5 Å². The summed E-state index contributed by atoms with van der Waals surface area (Å²) >= 11 is 0. The molecule has 2 aromatic carbocycles. The molecule has 2 rings (SSSR count). The molecule has 0 aliphatic heterocycles. The van der Waals surface area contributed by atoms with Gasteiger partial charge in [0, 0.05) is 6.07 Å². The largest absolute Gasteiger partial charge is 0.493 e. The molecule has 0 aliphatic carbocycles. The molecule has 108 valence electrons. The fourth-order valence-electron chi connectivity index (χ4n) is 1.78. The Balaban J connectivity index is 2.12. The molecule has 21 heavy (non-hydrogen) atoms. The summed E-state index contributed by atoms with van der Waals surface area (Å²) in [5.41, 5.74) is 0.693. The number of hydrogen-bond donors (Lipinski definition) is 0. The quantitative estimate of drug-likeness (QED) is 0.365. The van der Waals surface area contributed by atoms with Crippen LogP contribution in [0.2, 0.25) is 0 Å². The molecule has 0 saturated carbocycles. The summed E-state index contributed by atoms with van der Waals surface area (Å²) in [5, 5.41) is 10.7. The average Bonchev–Trinajstić information content (AvgIpc) is 2.48. The maximum atomic E-state index is 11.9.